The average molecular weight is 216 g/mol. The molecule has 1 fully saturated rings. The normalized spacial score (nSPS) is 33.9. The van der Waals surface area contributed by atoms with E-state index in [2.05, 4.69) is 0 Å². The lowest BCUT2D eigenvalue weighted by molar-refractivity contribution is -0.163. The van der Waals surface area contributed by atoms with Crippen molar-refractivity contribution in [3.05, 3.63) is 0 Å². The van der Waals surface area contributed by atoms with E-state index in [4.69, 9.17) is 10.2 Å². The van der Waals surface area contributed by atoms with E-state index in [0.29, 0.717) is 6.42 Å². The summed E-state index contributed by atoms with van der Waals surface area (Å²) in [6, 6.07) is 0. The van der Waals surface area contributed by atoms with E-state index in [1.807, 2.05) is 0 Å². The van der Waals surface area contributed by atoms with Crippen LogP contribution in [-0.4, -0.2) is 33.9 Å². The summed E-state index contributed by atoms with van der Waals surface area (Å²) >= 11 is 0. The fraction of sp³-hybridized carbons (Fsp3) is 0.800. The zero-order chi connectivity index (χ0) is 11.9. The second kappa shape index (κ2) is 3.48. The molecule has 0 amide bonds. The van der Waals surface area contributed by atoms with Crippen LogP contribution >= 0.6 is 0 Å². The highest BCUT2D eigenvalue weighted by molar-refractivity contribution is 5.80. The number of aliphatic hydroxyl groups excluding tert-OH is 1. The highest BCUT2D eigenvalue weighted by Crippen LogP contribution is 2.56. The predicted molar refractivity (Wildman–Crippen MR) is 51.3 cm³/mol. The first kappa shape index (κ1) is 12.0. The minimum Gasteiger partial charge on any atom is -0.481 e. The number of rotatable bonds is 3. The van der Waals surface area contributed by atoms with Gasteiger partial charge in [-0.1, -0.05) is 13.8 Å². The van der Waals surface area contributed by atoms with E-state index in [0.717, 1.165) is 0 Å². The number of aliphatic hydroxyl groups is 1. The summed E-state index contributed by atoms with van der Waals surface area (Å²) in [6.45, 7) is 2.69. The van der Waals surface area contributed by atoms with Crippen LogP contribution in [0.25, 0.3) is 0 Å². The fourth-order valence-corrected chi connectivity index (χ4v) is 2.57. The number of carboxylic acid groups (broad SMARTS) is 2. The van der Waals surface area contributed by atoms with E-state index < -0.39 is 35.3 Å². The van der Waals surface area contributed by atoms with Gasteiger partial charge in [-0.15, -0.1) is 0 Å². The maximum Gasteiger partial charge on any atom is 0.312 e. The molecule has 0 heterocycles. The first-order valence-electron chi connectivity index (χ1n) is 4.86. The summed E-state index contributed by atoms with van der Waals surface area (Å²) in [5, 5.41) is 27.4. The Morgan fingerprint density at radius 2 is 1.87 bits per heavy atom. The second-order valence-electron chi connectivity index (χ2n) is 4.70. The predicted octanol–water partition coefficient (Wildman–Crippen LogP) is 0.571. The minimum atomic E-state index is -1.32. The van der Waals surface area contributed by atoms with Gasteiger partial charge >= 0.3 is 11.9 Å². The Morgan fingerprint density at radius 3 is 2.07 bits per heavy atom. The second-order valence-corrected chi connectivity index (χ2v) is 4.70. The standard InChI is InChI=1S/C10H16O5/c1-9(2)6(7(12)13)3-4-10(9,5-11)8(14)15/h6,11H,3-5H2,1-2H3,(H,12,13)(H,14,15)/t6-,10-/m1/s1. The summed E-state index contributed by atoms with van der Waals surface area (Å²) in [7, 11) is 0. The van der Waals surface area contributed by atoms with Crippen LogP contribution in [0, 0.1) is 16.7 Å². The summed E-state index contributed by atoms with van der Waals surface area (Å²) in [5.74, 6) is -2.81. The van der Waals surface area contributed by atoms with Crippen molar-refractivity contribution in [2.24, 2.45) is 16.7 Å². The van der Waals surface area contributed by atoms with Crippen molar-refractivity contribution < 1.29 is 24.9 Å². The van der Waals surface area contributed by atoms with Gasteiger partial charge < -0.3 is 15.3 Å². The lowest BCUT2D eigenvalue weighted by Crippen LogP contribution is -2.47. The van der Waals surface area contributed by atoms with Gasteiger partial charge in [-0.05, 0) is 18.3 Å². The summed E-state index contributed by atoms with van der Waals surface area (Å²) in [4.78, 5) is 22.2. The van der Waals surface area contributed by atoms with Crippen LogP contribution in [0.5, 0.6) is 0 Å². The van der Waals surface area contributed by atoms with Crippen molar-refractivity contribution in [2.75, 3.05) is 6.61 Å². The third-order valence-corrected chi connectivity index (χ3v) is 3.94. The van der Waals surface area contributed by atoms with E-state index in [1.165, 1.54) is 0 Å². The lowest BCUT2D eigenvalue weighted by Gasteiger charge is -2.38. The monoisotopic (exact) mass is 216 g/mol. The molecule has 1 saturated carbocycles. The highest BCUT2D eigenvalue weighted by atomic mass is 16.4. The Balaban J connectivity index is 3.15. The van der Waals surface area contributed by atoms with E-state index >= 15 is 0 Å². The van der Waals surface area contributed by atoms with E-state index in [1.54, 1.807) is 13.8 Å². The van der Waals surface area contributed by atoms with Crippen molar-refractivity contribution >= 4 is 11.9 Å². The lowest BCUT2D eigenvalue weighted by atomic mass is 9.65. The molecule has 1 rings (SSSR count). The molecule has 0 bridgehead atoms. The van der Waals surface area contributed by atoms with Crippen LogP contribution in [-0.2, 0) is 9.59 Å². The molecule has 0 aromatic heterocycles. The van der Waals surface area contributed by atoms with E-state index in [9.17, 15) is 14.7 Å². The molecular weight excluding hydrogens is 200 g/mol. The first-order chi connectivity index (χ1) is 6.79. The van der Waals surface area contributed by atoms with Crippen molar-refractivity contribution in [2.45, 2.75) is 26.7 Å². The molecule has 2 atom stereocenters. The van der Waals surface area contributed by atoms with Crippen molar-refractivity contribution in [1.29, 1.82) is 0 Å². The Morgan fingerprint density at radius 1 is 1.33 bits per heavy atom. The zero-order valence-electron chi connectivity index (χ0n) is 8.86. The highest BCUT2D eigenvalue weighted by Gasteiger charge is 2.61. The zero-order valence-corrected chi connectivity index (χ0v) is 8.86. The molecule has 0 radical (unpaired) electrons. The molecule has 1 aliphatic carbocycles. The van der Waals surface area contributed by atoms with Crippen LogP contribution in [0.1, 0.15) is 26.7 Å². The molecule has 86 valence electrons. The van der Waals surface area contributed by atoms with Gasteiger partial charge in [0.15, 0.2) is 0 Å². The molecule has 0 unspecified atom stereocenters. The molecule has 3 N–H and O–H groups in total. The molecule has 0 aliphatic heterocycles. The maximum absolute atomic E-state index is 11.2. The number of aliphatic carboxylic acids is 2. The van der Waals surface area contributed by atoms with Gasteiger partial charge in [-0.3, -0.25) is 9.59 Å². The van der Waals surface area contributed by atoms with Gasteiger partial charge in [-0.25, -0.2) is 0 Å². The van der Waals surface area contributed by atoms with E-state index in [-0.39, 0.29) is 6.42 Å². The number of carbonyl (C=O) groups is 2. The quantitative estimate of drug-likeness (QED) is 0.641. The fourth-order valence-electron chi connectivity index (χ4n) is 2.57. The maximum atomic E-state index is 11.2. The molecule has 0 spiro atoms. The topological polar surface area (TPSA) is 94.8 Å². The van der Waals surface area contributed by atoms with Gasteiger partial charge in [0.05, 0.1) is 17.9 Å². The van der Waals surface area contributed by atoms with Crippen LogP contribution < -0.4 is 0 Å². The molecule has 0 aromatic rings. The largest absolute Gasteiger partial charge is 0.481 e. The number of carboxylic acids is 2. The van der Waals surface area contributed by atoms with Gasteiger partial charge in [0.2, 0.25) is 0 Å². The summed E-state index contributed by atoms with van der Waals surface area (Å²) in [6.07, 6.45) is 0.512. The van der Waals surface area contributed by atoms with Crippen molar-refractivity contribution in [1.82, 2.24) is 0 Å². The molecule has 15 heavy (non-hydrogen) atoms. The van der Waals surface area contributed by atoms with Crippen molar-refractivity contribution in [3.8, 4) is 0 Å². The van der Waals surface area contributed by atoms with Crippen LogP contribution in [0.2, 0.25) is 0 Å². The third kappa shape index (κ3) is 1.42. The SMILES string of the molecule is CC1(C)[C@@H](C(=O)O)CC[C@@]1(CO)C(=O)O. The summed E-state index contributed by atoms with van der Waals surface area (Å²) < 4.78 is 0. The molecule has 1 aliphatic rings. The minimum absolute atomic E-state index is 0.211. The Kier molecular flexibility index (Phi) is 2.78. The van der Waals surface area contributed by atoms with Gasteiger partial charge in [0.1, 0.15) is 0 Å². The molecule has 5 nitrogen and oxygen atoms in total. The van der Waals surface area contributed by atoms with Crippen LogP contribution in [0.4, 0.5) is 0 Å². The first-order valence-corrected chi connectivity index (χ1v) is 4.86. The van der Waals surface area contributed by atoms with Crippen LogP contribution in [0.15, 0.2) is 0 Å². The molecule has 0 aromatic carbocycles. The Labute approximate surface area is 87.7 Å². The number of hydrogen-bond donors (Lipinski definition) is 3. The Bertz CT molecular complexity index is 296. The third-order valence-electron chi connectivity index (χ3n) is 3.94. The van der Waals surface area contributed by atoms with Crippen molar-refractivity contribution in [3.63, 3.8) is 0 Å². The van der Waals surface area contributed by atoms with Gasteiger partial charge in [0.25, 0.3) is 0 Å². The van der Waals surface area contributed by atoms with Crippen LogP contribution in [0.3, 0.4) is 0 Å². The summed E-state index contributed by atoms with van der Waals surface area (Å²) in [5.41, 5.74) is -2.25. The molecule has 5 heteroatoms. The Hall–Kier alpha value is -1.10. The molecule has 0 saturated heterocycles. The smallest absolute Gasteiger partial charge is 0.312 e. The average Bonchev–Trinajstić information content (AvgIpc) is 2.37. The number of hydrogen-bond acceptors (Lipinski definition) is 3. The van der Waals surface area contributed by atoms with Gasteiger partial charge in [0, 0.05) is 0 Å². The van der Waals surface area contributed by atoms with Gasteiger partial charge in [-0.2, -0.15) is 0 Å². The molecular formula is C10H16O5.